The summed E-state index contributed by atoms with van der Waals surface area (Å²) >= 11 is 1.35. The fourth-order valence-electron chi connectivity index (χ4n) is 1.88. The minimum Gasteiger partial charge on any atom is -0.452 e. The fraction of sp³-hybridized carbons (Fsp3) is 0.235. The Labute approximate surface area is 139 Å². The van der Waals surface area contributed by atoms with Crippen molar-refractivity contribution >= 4 is 23.6 Å². The van der Waals surface area contributed by atoms with Crippen molar-refractivity contribution in [2.24, 2.45) is 0 Å². The number of thioether (sulfide) groups is 1. The van der Waals surface area contributed by atoms with Crippen LogP contribution >= 0.6 is 11.8 Å². The number of carbonyl (C=O) groups is 2. The highest BCUT2D eigenvalue weighted by atomic mass is 32.2. The third-order valence-corrected chi connectivity index (χ3v) is 3.84. The van der Waals surface area contributed by atoms with Gasteiger partial charge in [-0.25, -0.2) is 9.78 Å². The molecule has 0 bridgehead atoms. The van der Waals surface area contributed by atoms with E-state index < -0.39 is 5.97 Å². The van der Waals surface area contributed by atoms with E-state index in [4.69, 9.17) is 4.74 Å². The van der Waals surface area contributed by atoms with Gasteiger partial charge < -0.3 is 10.1 Å². The van der Waals surface area contributed by atoms with Gasteiger partial charge in [0, 0.05) is 12.7 Å². The molecular weight excluding hydrogens is 312 g/mol. The van der Waals surface area contributed by atoms with Crippen LogP contribution in [0.4, 0.5) is 0 Å². The number of rotatable bonds is 6. The van der Waals surface area contributed by atoms with Crippen molar-refractivity contribution < 1.29 is 14.3 Å². The normalized spacial score (nSPS) is 10.2. The molecular formula is C17H18N2O3S. The van der Waals surface area contributed by atoms with Gasteiger partial charge in [-0.05, 0) is 30.9 Å². The van der Waals surface area contributed by atoms with E-state index in [0.29, 0.717) is 17.1 Å². The predicted octanol–water partition coefficient (Wildman–Crippen LogP) is 2.59. The van der Waals surface area contributed by atoms with E-state index in [2.05, 4.69) is 10.3 Å². The molecule has 0 aliphatic rings. The first-order valence-corrected chi connectivity index (χ1v) is 8.31. The van der Waals surface area contributed by atoms with Crippen molar-refractivity contribution in [2.75, 3.05) is 12.9 Å². The first-order chi connectivity index (χ1) is 11.1. The summed E-state index contributed by atoms with van der Waals surface area (Å²) < 4.78 is 5.04. The number of amides is 1. The van der Waals surface area contributed by atoms with Crippen LogP contribution in [0.5, 0.6) is 0 Å². The van der Waals surface area contributed by atoms with Crippen molar-refractivity contribution in [3.05, 3.63) is 59.3 Å². The molecule has 0 saturated carbocycles. The number of hydrogen-bond donors (Lipinski definition) is 1. The van der Waals surface area contributed by atoms with Gasteiger partial charge in [0.25, 0.3) is 5.91 Å². The molecule has 1 N–H and O–H groups in total. The molecule has 2 aromatic rings. The Kier molecular flexibility index (Phi) is 6.17. The second kappa shape index (κ2) is 8.33. The maximum absolute atomic E-state index is 12.0. The maximum atomic E-state index is 12.0. The highest BCUT2D eigenvalue weighted by molar-refractivity contribution is 7.98. The Morgan fingerprint density at radius 3 is 2.65 bits per heavy atom. The lowest BCUT2D eigenvalue weighted by Crippen LogP contribution is -2.28. The molecule has 0 atom stereocenters. The molecule has 0 spiro atoms. The topological polar surface area (TPSA) is 68.3 Å². The summed E-state index contributed by atoms with van der Waals surface area (Å²) in [4.78, 5) is 27.8. The third-order valence-electron chi connectivity index (χ3n) is 3.13. The quantitative estimate of drug-likeness (QED) is 0.651. The van der Waals surface area contributed by atoms with Crippen LogP contribution in [0.15, 0.2) is 47.6 Å². The first-order valence-electron chi connectivity index (χ1n) is 7.08. The number of pyridine rings is 1. The number of aryl methyl sites for hydroxylation is 1. The van der Waals surface area contributed by atoms with Crippen molar-refractivity contribution in [3.63, 3.8) is 0 Å². The van der Waals surface area contributed by atoms with E-state index in [9.17, 15) is 9.59 Å². The standard InChI is InChI=1S/C17H18N2O3S/c1-12-5-7-13(8-6-12)10-19-15(20)11-22-17(21)14-4-3-9-18-16(14)23-2/h3-9H,10-11H2,1-2H3,(H,19,20). The highest BCUT2D eigenvalue weighted by Crippen LogP contribution is 2.17. The van der Waals surface area contributed by atoms with E-state index in [-0.39, 0.29) is 12.5 Å². The molecule has 0 unspecified atom stereocenters. The molecule has 0 aliphatic carbocycles. The molecule has 1 amide bonds. The smallest absolute Gasteiger partial charge is 0.341 e. The zero-order valence-corrected chi connectivity index (χ0v) is 13.9. The van der Waals surface area contributed by atoms with Crippen LogP contribution in [0, 0.1) is 6.92 Å². The first kappa shape index (κ1) is 17.0. The number of ether oxygens (including phenoxy) is 1. The Morgan fingerprint density at radius 1 is 1.22 bits per heavy atom. The molecule has 120 valence electrons. The molecule has 0 aliphatic heterocycles. The number of hydrogen-bond acceptors (Lipinski definition) is 5. The molecule has 1 aromatic heterocycles. The van der Waals surface area contributed by atoms with E-state index in [1.165, 1.54) is 11.8 Å². The number of nitrogens with one attached hydrogen (secondary N) is 1. The largest absolute Gasteiger partial charge is 0.452 e. The summed E-state index contributed by atoms with van der Waals surface area (Å²) in [5.74, 6) is -0.888. The van der Waals surface area contributed by atoms with Gasteiger partial charge in [-0.15, -0.1) is 11.8 Å². The predicted molar refractivity (Wildman–Crippen MR) is 89.3 cm³/mol. The lowest BCUT2D eigenvalue weighted by Gasteiger charge is -2.08. The summed E-state index contributed by atoms with van der Waals surface area (Å²) in [6, 6.07) is 11.1. The number of nitrogens with zero attached hydrogens (tertiary/aromatic N) is 1. The van der Waals surface area contributed by atoms with Crippen LogP contribution in [0.1, 0.15) is 21.5 Å². The van der Waals surface area contributed by atoms with E-state index in [0.717, 1.165) is 11.1 Å². The van der Waals surface area contributed by atoms with Crippen molar-refractivity contribution in [1.82, 2.24) is 10.3 Å². The van der Waals surface area contributed by atoms with Gasteiger partial charge in [0.2, 0.25) is 0 Å². The zero-order chi connectivity index (χ0) is 16.7. The summed E-state index contributed by atoms with van der Waals surface area (Å²) in [5.41, 5.74) is 2.52. The van der Waals surface area contributed by atoms with Crippen molar-refractivity contribution in [2.45, 2.75) is 18.5 Å². The molecule has 2 rings (SSSR count). The van der Waals surface area contributed by atoms with Gasteiger partial charge in [-0.3, -0.25) is 4.79 Å². The molecule has 23 heavy (non-hydrogen) atoms. The minimum absolute atomic E-state index is 0.312. The van der Waals surface area contributed by atoms with Crippen LogP contribution in [-0.4, -0.2) is 29.7 Å². The summed E-state index contributed by atoms with van der Waals surface area (Å²) in [7, 11) is 0. The van der Waals surface area contributed by atoms with Gasteiger partial charge in [0.15, 0.2) is 6.61 Å². The van der Waals surface area contributed by atoms with Gasteiger partial charge in [-0.1, -0.05) is 29.8 Å². The Morgan fingerprint density at radius 2 is 1.96 bits per heavy atom. The molecule has 6 heteroatoms. The van der Waals surface area contributed by atoms with E-state index in [1.807, 2.05) is 37.4 Å². The number of aromatic nitrogens is 1. The maximum Gasteiger partial charge on any atom is 0.341 e. The van der Waals surface area contributed by atoms with Crippen LogP contribution in [0.3, 0.4) is 0 Å². The van der Waals surface area contributed by atoms with Crippen LogP contribution in [0.25, 0.3) is 0 Å². The summed E-state index contributed by atoms with van der Waals surface area (Å²) in [5, 5.41) is 3.30. The molecule has 0 radical (unpaired) electrons. The molecule has 0 fully saturated rings. The summed E-state index contributed by atoms with van der Waals surface area (Å²) in [6.45, 7) is 2.09. The number of esters is 1. The lowest BCUT2D eigenvalue weighted by atomic mass is 10.1. The molecule has 0 saturated heterocycles. The third kappa shape index (κ3) is 5.10. The summed E-state index contributed by atoms with van der Waals surface area (Å²) in [6.07, 6.45) is 3.43. The number of benzene rings is 1. The van der Waals surface area contributed by atoms with Crippen LogP contribution in [0.2, 0.25) is 0 Å². The van der Waals surface area contributed by atoms with Gasteiger partial charge in [-0.2, -0.15) is 0 Å². The SMILES string of the molecule is CSc1ncccc1C(=O)OCC(=O)NCc1ccc(C)cc1. The van der Waals surface area contributed by atoms with Crippen LogP contribution in [-0.2, 0) is 16.1 Å². The van der Waals surface area contributed by atoms with E-state index in [1.54, 1.807) is 18.3 Å². The van der Waals surface area contributed by atoms with Crippen molar-refractivity contribution in [1.29, 1.82) is 0 Å². The zero-order valence-electron chi connectivity index (χ0n) is 13.0. The Balaban J connectivity index is 1.82. The minimum atomic E-state index is -0.548. The van der Waals surface area contributed by atoms with E-state index >= 15 is 0 Å². The Bertz CT molecular complexity index is 686. The number of carbonyl (C=O) groups excluding carboxylic acids is 2. The van der Waals surface area contributed by atoms with Crippen LogP contribution < -0.4 is 5.32 Å². The average molecular weight is 330 g/mol. The lowest BCUT2D eigenvalue weighted by molar-refractivity contribution is -0.124. The van der Waals surface area contributed by atoms with Crippen molar-refractivity contribution in [3.8, 4) is 0 Å². The molecule has 5 nitrogen and oxygen atoms in total. The van der Waals surface area contributed by atoms with Gasteiger partial charge in [0.1, 0.15) is 5.03 Å². The average Bonchev–Trinajstić information content (AvgIpc) is 2.59. The second-order valence-corrected chi connectivity index (χ2v) is 5.69. The highest BCUT2D eigenvalue weighted by Gasteiger charge is 2.14. The fourth-order valence-corrected chi connectivity index (χ4v) is 2.41. The molecule has 1 aromatic carbocycles. The Hall–Kier alpha value is -2.34. The van der Waals surface area contributed by atoms with Gasteiger partial charge in [0.05, 0.1) is 5.56 Å². The monoisotopic (exact) mass is 330 g/mol. The van der Waals surface area contributed by atoms with Gasteiger partial charge >= 0.3 is 5.97 Å². The molecule has 1 heterocycles. The second-order valence-electron chi connectivity index (χ2n) is 4.90.